The molecule has 0 unspecified atom stereocenters. The maximum Gasteiger partial charge on any atom is 0.405 e. The van der Waals surface area contributed by atoms with Crippen molar-refractivity contribution in [2.24, 2.45) is 0 Å². The molecule has 0 bridgehead atoms. The predicted octanol–water partition coefficient (Wildman–Crippen LogP) is 4.86. The van der Waals surface area contributed by atoms with Crippen molar-refractivity contribution in [3.63, 3.8) is 0 Å². The second-order valence-electron chi connectivity index (χ2n) is 8.05. The van der Waals surface area contributed by atoms with Crippen LogP contribution < -0.4 is 15.4 Å². The lowest BCUT2D eigenvalue weighted by Gasteiger charge is -2.14. The highest BCUT2D eigenvalue weighted by Gasteiger charge is 2.27. The van der Waals surface area contributed by atoms with Gasteiger partial charge in [0, 0.05) is 24.4 Å². The molecule has 5 rings (SSSR count). The lowest BCUT2D eigenvalue weighted by atomic mass is 10.2. The topological polar surface area (TPSA) is 116 Å². The van der Waals surface area contributed by atoms with Gasteiger partial charge in [0.1, 0.15) is 24.7 Å². The van der Waals surface area contributed by atoms with Crippen LogP contribution in [0, 0.1) is 0 Å². The quantitative estimate of drug-likeness (QED) is 0.252. The maximum atomic E-state index is 13.0. The fraction of sp³-hybridized carbons (Fsp3) is 0.167. The highest BCUT2D eigenvalue weighted by molar-refractivity contribution is 5.88. The van der Waals surface area contributed by atoms with E-state index in [2.05, 4.69) is 45.4 Å². The molecular formula is C24H18F5N9O. The van der Waals surface area contributed by atoms with Crippen LogP contribution >= 0.6 is 0 Å². The molecule has 0 aliphatic heterocycles. The lowest BCUT2D eigenvalue weighted by Crippen LogP contribution is -2.22. The van der Waals surface area contributed by atoms with E-state index in [4.69, 9.17) is 0 Å². The normalized spacial score (nSPS) is 11.6. The van der Waals surface area contributed by atoms with Gasteiger partial charge in [-0.15, -0.1) is 0 Å². The summed E-state index contributed by atoms with van der Waals surface area (Å²) in [6.07, 6.45) is -0.246. The Kier molecular flexibility index (Phi) is 7.12. The summed E-state index contributed by atoms with van der Waals surface area (Å²) >= 11 is 0. The number of fused-ring (bicyclic) bond motifs is 1. The van der Waals surface area contributed by atoms with Crippen LogP contribution in [0.4, 0.5) is 33.7 Å². The van der Waals surface area contributed by atoms with Gasteiger partial charge in [-0.1, -0.05) is 12.1 Å². The van der Waals surface area contributed by atoms with Crippen LogP contribution in [-0.2, 0) is 6.54 Å². The van der Waals surface area contributed by atoms with Gasteiger partial charge in [0.2, 0.25) is 11.8 Å². The number of hydrogen-bond donors (Lipinski definition) is 2. The first-order valence-corrected chi connectivity index (χ1v) is 11.3. The zero-order valence-electron chi connectivity index (χ0n) is 19.8. The first kappa shape index (κ1) is 25.7. The van der Waals surface area contributed by atoms with Gasteiger partial charge in [0.25, 0.3) is 0 Å². The van der Waals surface area contributed by atoms with Crippen LogP contribution in [0.3, 0.4) is 0 Å². The second kappa shape index (κ2) is 10.8. The third-order valence-electron chi connectivity index (χ3n) is 5.31. The number of rotatable bonds is 9. The Labute approximate surface area is 216 Å². The molecule has 15 heteroatoms. The average Bonchev–Trinajstić information content (AvgIpc) is 3.45. The van der Waals surface area contributed by atoms with E-state index < -0.39 is 19.3 Å². The Morgan fingerprint density at radius 2 is 1.74 bits per heavy atom. The molecule has 0 amide bonds. The molecule has 10 nitrogen and oxygen atoms in total. The molecule has 39 heavy (non-hydrogen) atoms. The van der Waals surface area contributed by atoms with E-state index in [1.165, 1.54) is 24.7 Å². The monoisotopic (exact) mass is 543 g/mol. The van der Waals surface area contributed by atoms with Crippen molar-refractivity contribution in [3.05, 3.63) is 72.9 Å². The number of aromatic nitrogens is 7. The van der Waals surface area contributed by atoms with E-state index >= 15 is 0 Å². The summed E-state index contributed by atoms with van der Waals surface area (Å²) in [6, 6.07) is 13.2. The van der Waals surface area contributed by atoms with Crippen LogP contribution in [0.1, 0.15) is 5.56 Å². The van der Waals surface area contributed by atoms with Gasteiger partial charge in [0.05, 0.1) is 16.9 Å². The van der Waals surface area contributed by atoms with Gasteiger partial charge < -0.3 is 15.4 Å². The van der Waals surface area contributed by atoms with Gasteiger partial charge in [-0.25, -0.2) is 24.6 Å². The van der Waals surface area contributed by atoms with Gasteiger partial charge in [-0.2, -0.15) is 32.0 Å². The lowest BCUT2D eigenvalue weighted by molar-refractivity contribution is -0.115. The van der Waals surface area contributed by atoms with Crippen molar-refractivity contribution >= 4 is 22.8 Å². The molecule has 0 spiro atoms. The minimum absolute atomic E-state index is 0.0902. The summed E-state index contributed by atoms with van der Waals surface area (Å²) < 4.78 is 69.6. The zero-order valence-corrected chi connectivity index (χ0v) is 19.8. The molecule has 0 radical (unpaired) electrons. The van der Waals surface area contributed by atoms with Gasteiger partial charge in [-0.3, -0.25) is 0 Å². The predicted molar refractivity (Wildman–Crippen MR) is 130 cm³/mol. The molecule has 2 N–H and O–H groups in total. The Bertz CT molecular complexity index is 1540. The summed E-state index contributed by atoms with van der Waals surface area (Å²) in [5.74, 6) is -0.319. The first-order valence-electron chi connectivity index (χ1n) is 11.3. The molecule has 1 aromatic carbocycles. The molecule has 0 saturated heterocycles. The molecule has 5 aromatic rings. The number of alkyl halides is 5. The first-order chi connectivity index (χ1) is 18.7. The number of hydrogen-bond acceptors (Lipinski definition) is 9. The van der Waals surface area contributed by atoms with Crippen LogP contribution in [0.25, 0.3) is 28.0 Å². The number of halogens is 5. The minimum Gasteiger partial charge on any atom is -0.417 e. The Balaban J connectivity index is 1.40. The summed E-state index contributed by atoms with van der Waals surface area (Å²) in [5, 5.41) is 9.37. The number of nitrogens with one attached hydrogen (secondary N) is 2. The fourth-order valence-electron chi connectivity index (χ4n) is 3.54. The Morgan fingerprint density at radius 1 is 0.923 bits per heavy atom. The summed E-state index contributed by atoms with van der Waals surface area (Å²) in [4.78, 5) is 20.7. The van der Waals surface area contributed by atoms with Crippen molar-refractivity contribution in [1.29, 1.82) is 0 Å². The van der Waals surface area contributed by atoms with E-state index in [0.717, 1.165) is 11.3 Å². The molecular weight excluding hydrogens is 525 g/mol. The highest BCUT2D eigenvalue weighted by atomic mass is 19.4. The van der Waals surface area contributed by atoms with E-state index in [-0.39, 0.29) is 28.7 Å². The molecule has 0 saturated carbocycles. The molecule has 0 atom stereocenters. The third kappa shape index (κ3) is 6.49. The third-order valence-corrected chi connectivity index (χ3v) is 5.31. The smallest absolute Gasteiger partial charge is 0.405 e. The van der Waals surface area contributed by atoms with Crippen molar-refractivity contribution in [2.45, 2.75) is 19.3 Å². The summed E-state index contributed by atoms with van der Waals surface area (Å²) in [7, 11) is 0. The van der Waals surface area contributed by atoms with Crippen LogP contribution in [-0.4, -0.2) is 54.0 Å². The standard InChI is InChI=1S/C24H18F5N9O/c25-22(26)39-19-8-3-15(10-31-19)17-6-7-18-20(35-17)21(33-11-24(27,28)29)37-23(36-18)32-9-14-1-4-16(5-2-14)38-13-30-12-34-38/h1-8,10,12-13,22H,9,11H2,(H2,32,33,36,37). The number of anilines is 2. The van der Waals surface area contributed by atoms with E-state index in [1.807, 2.05) is 24.3 Å². The SMILES string of the molecule is FC(F)Oc1ccc(-c2ccc3nc(NCc4ccc(-n5cncn5)cc4)nc(NCC(F)(F)F)c3n2)cn1. The molecule has 200 valence electrons. The summed E-state index contributed by atoms with van der Waals surface area (Å²) in [6.45, 7) is -4.06. The van der Waals surface area contributed by atoms with Gasteiger partial charge in [-0.05, 0) is 35.9 Å². The number of nitrogens with zero attached hydrogens (tertiary/aromatic N) is 7. The average molecular weight is 543 g/mol. The summed E-state index contributed by atoms with van der Waals surface area (Å²) in [5.41, 5.74) is 2.81. The van der Waals surface area contributed by atoms with Gasteiger partial charge in [0.15, 0.2) is 5.82 Å². The van der Waals surface area contributed by atoms with E-state index in [9.17, 15) is 22.0 Å². The van der Waals surface area contributed by atoms with Crippen LogP contribution in [0.2, 0.25) is 0 Å². The van der Waals surface area contributed by atoms with Crippen LogP contribution in [0.5, 0.6) is 5.88 Å². The minimum atomic E-state index is -4.50. The van der Waals surface area contributed by atoms with Crippen LogP contribution in [0.15, 0.2) is 67.4 Å². The second-order valence-corrected chi connectivity index (χ2v) is 8.05. The molecule has 4 heterocycles. The number of pyridine rings is 2. The Hall–Kier alpha value is -4.95. The molecule has 0 aliphatic carbocycles. The molecule has 4 aromatic heterocycles. The highest BCUT2D eigenvalue weighted by Crippen LogP contribution is 2.27. The number of benzene rings is 1. The van der Waals surface area contributed by atoms with Gasteiger partial charge >= 0.3 is 12.8 Å². The van der Waals surface area contributed by atoms with Crippen molar-refractivity contribution in [1.82, 2.24) is 34.7 Å². The van der Waals surface area contributed by atoms with Crippen molar-refractivity contribution in [2.75, 3.05) is 17.2 Å². The maximum absolute atomic E-state index is 13.0. The molecule has 0 fully saturated rings. The molecule has 0 aliphatic rings. The van der Waals surface area contributed by atoms with E-state index in [1.54, 1.807) is 23.1 Å². The van der Waals surface area contributed by atoms with Crippen molar-refractivity contribution in [3.8, 4) is 22.8 Å². The fourth-order valence-corrected chi connectivity index (χ4v) is 3.54. The Morgan fingerprint density at radius 3 is 2.41 bits per heavy atom. The number of ether oxygens (including phenoxy) is 1. The zero-order chi connectivity index (χ0) is 27.4. The largest absolute Gasteiger partial charge is 0.417 e. The van der Waals surface area contributed by atoms with E-state index in [0.29, 0.717) is 17.8 Å². The van der Waals surface area contributed by atoms with Crippen molar-refractivity contribution < 1.29 is 26.7 Å².